The standard InChI is InChI=1S/C34H35ClFN3O4S/c1-3-25(2)37-34(41)32(21-26-11-6-4-7-12-26)38(23-27-17-19-29(36)20-18-27)33(40)24-39(30-14-10-13-28(35)22-30)44(42,43)31-15-8-5-9-16-31/h4-20,22,25,32H,3,21,23-24H2,1-2H3,(H,37,41)/t25-,32-/m1/s1. The molecule has 0 aliphatic rings. The van der Waals surface area contributed by atoms with Gasteiger partial charge in [0.25, 0.3) is 10.0 Å². The van der Waals surface area contributed by atoms with Crippen molar-refractivity contribution >= 4 is 39.1 Å². The number of amides is 2. The molecule has 230 valence electrons. The highest BCUT2D eigenvalue weighted by Gasteiger charge is 2.35. The number of nitrogens with zero attached hydrogens (tertiary/aromatic N) is 2. The molecule has 1 N–H and O–H groups in total. The third-order valence-corrected chi connectivity index (χ3v) is 9.27. The van der Waals surface area contributed by atoms with E-state index in [-0.39, 0.29) is 35.5 Å². The van der Waals surface area contributed by atoms with Gasteiger partial charge < -0.3 is 10.2 Å². The fourth-order valence-electron chi connectivity index (χ4n) is 4.66. The SMILES string of the molecule is CC[C@@H](C)NC(=O)[C@@H](Cc1ccccc1)N(Cc1ccc(F)cc1)C(=O)CN(c1cccc(Cl)c1)S(=O)(=O)c1ccccc1. The molecule has 0 saturated heterocycles. The predicted molar refractivity (Wildman–Crippen MR) is 171 cm³/mol. The van der Waals surface area contributed by atoms with Crippen LogP contribution >= 0.6 is 11.6 Å². The molecule has 10 heteroatoms. The molecule has 0 aliphatic heterocycles. The van der Waals surface area contributed by atoms with E-state index in [0.717, 1.165) is 9.87 Å². The lowest BCUT2D eigenvalue weighted by Gasteiger charge is -2.34. The van der Waals surface area contributed by atoms with Crippen LogP contribution in [0.4, 0.5) is 10.1 Å². The number of nitrogens with one attached hydrogen (secondary N) is 1. The molecule has 7 nitrogen and oxygen atoms in total. The van der Waals surface area contributed by atoms with Gasteiger partial charge in [0.1, 0.15) is 18.4 Å². The van der Waals surface area contributed by atoms with Gasteiger partial charge in [-0.1, -0.05) is 85.3 Å². The summed E-state index contributed by atoms with van der Waals surface area (Å²) in [5.41, 5.74) is 1.59. The minimum absolute atomic E-state index is 0.00629. The lowest BCUT2D eigenvalue weighted by atomic mass is 10.0. The van der Waals surface area contributed by atoms with Crippen molar-refractivity contribution in [2.24, 2.45) is 0 Å². The molecule has 0 radical (unpaired) electrons. The first-order valence-corrected chi connectivity index (χ1v) is 16.1. The Morgan fingerprint density at radius 2 is 1.50 bits per heavy atom. The van der Waals surface area contributed by atoms with E-state index in [0.29, 0.717) is 17.0 Å². The molecule has 0 aromatic heterocycles. The minimum atomic E-state index is -4.23. The summed E-state index contributed by atoms with van der Waals surface area (Å²) in [5, 5.41) is 3.28. The average Bonchev–Trinajstić information content (AvgIpc) is 3.03. The molecule has 0 spiro atoms. The molecule has 0 fully saturated rings. The second kappa shape index (κ2) is 15.0. The molecule has 44 heavy (non-hydrogen) atoms. The maximum absolute atomic E-state index is 14.4. The van der Waals surface area contributed by atoms with Crippen LogP contribution in [0.25, 0.3) is 0 Å². The number of carbonyl (C=O) groups excluding carboxylic acids is 2. The summed E-state index contributed by atoms with van der Waals surface area (Å²) >= 11 is 6.25. The fraction of sp³-hybridized carbons (Fsp3) is 0.235. The number of sulfonamides is 1. The maximum atomic E-state index is 14.4. The van der Waals surface area contributed by atoms with Crippen molar-refractivity contribution in [3.63, 3.8) is 0 Å². The summed E-state index contributed by atoms with van der Waals surface area (Å²) < 4.78 is 42.7. The van der Waals surface area contributed by atoms with Gasteiger partial charge in [-0.3, -0.25) is 13.9 Å². The Morgan fingerprint density at radius 3 is 2.11 bits per heavy atom. The van der Waals surface area contributed by atoms with E-state index in [1.165, 1.54) is 47.4 Å². The monoisotopic (exact) mass is 635 g/mol. The third-order valence-electron chi connectivity index (χ3n) is 7.24. The van der Waals surface area contributed by atoms with Crippen molar-refractivity contribution in [3.05, 3.63) is 131 Å². The van der Waals surface area contributed by atoms with Crippen molar-refractivity contribution in [2.45, 2.75) is 50.2 Å². The van der Waals surface area contributed by atoms with Gasteiger partial charge in [0.2, 0.25) is 11.8 Å². The van der Waals surface area contributed by atoms with Crippen molar-refractivity contribution < 1.29 is 22.4 Å². The lowest BCUT2D eigenvalue weighted by Crippen LogP contribution is -2.54. The van der Waals surface area contributed by atoms with Crippen LogP contribution in [0.15, 0.2) is 114 Å². The summed E-state index contributed by atoms with van der Waals surface area (Å²) in [6.45, 7) is 3.15. The van der Waals surface area contributed by atoms with E-state index in [1.54, 1.807) is 36.4 Å². The van der Waals surface area contributed by atoms with Gasteiger partial charge >= 0.3 is 0 Å². The zero-order valence-corrected chi connectivity index (χ0v) is 26.1. The number of halogens is 2. The molecule has 0 unspecified atom stereocenters. The molecule has 4 rings (SSSR count). The van der Waals surface area contributed by atoms with Crippen molar-refractivity contribution in [2.75, 3.05) is 10.8 Å². The van der Waals surface area contributed by atoms with Crippen LogP contribution in [0.5, 0.6) is 0 Å². The molecule has 0 heterocycles. The van der Waals surface area contributed by atoms with E-state index in [4.69, 9.17) is 11.6 Å². The Kier molecular flexibility index (Phi) is 11.1. The molecule has 0 bridgehead atoms. The van der Waals surface area contributed by atoms with E-state index in [2.05, 4.69) is 5.32 Å². The van der Waals surface area contributed by atoms with Crippen LogP contribution in [-0.2, 0) is 32.6 Å². The average molecular weight is 636 g/mol. The van der Waals surface area contributed by atoms with E-state index >= 15 is 0 Å². The molecular weight excluding hydrogens is 601 g/mol. The molecule has 0 aliphatic carbocycles. The molecule has 0 saturated carbocycles. The van der Waals surface area contributed by atoms with Gasteiger partial charge in [-0.05, 0) is 66.9 Å². The Labute approximate surface area is 263 Å². The zero-order chi connectivity index (χ0) is 31.7. The van der Waals surface area contributed by atoms with Crippen molar-refractivity contribution in [1.29, 1.82) is 0 Å². The van der Waals surface area contributed by atoms with E-state index < -0.39 is 34.3 Å². The Morgan fingerprint density at radius 1 is 0.864 bits per heavy atom. The maximum Gasteiger partial charge on any atom is 0.264 e. The number of anilines is 1. The Balaban J connectivity index is 1.80. The highest BCUT2D eigenvalue weighted by molar-refractivity contribution is 7.92. The fourth-order valence-corrected chi connectivity index (χ4v) is 6.27. The molecule has 2 atom stereocenters. The summed E-state index contributed by atoms with van der Waals surface area (Å²) in [4.78, 5) is 29.6. The third kappa shape index (κ3) is 8.45. The van der Waals surface area contributed by atoms with Crippen LogP contribution in [0.2, 0.25) is 5.02 Å². The predicted octanol–water partition coefficient (Wildman–Crippen LogP) is 6.23. The number of hydrogen-bond acceptors (Lipinski definition) is 4. The van der Waals surface area contributed by atoms with Crippen LogP contribution in [0, 0.1) is 5.82 Å². The second-order valence-corrected chi connectivity index (χ2v) is 12.8. The zero-order valence-electron chi connectivity index (χ0n) is 24.6. The molecular formula is C34H35ClFN3O4S. The van der Waals surface area contributed by atoms with Gasteiger partial charge in [0.05, 0.1) is 10.6 Å². The first kappa shape index (κ1) is 32.7. The van der Waals surface area contributed by atoms with Crippen LogP contribution < -0.4 is 9.62 Å². The smallest absolute Gasteiger partial charge is 0.264 e. The van der Waals surface area contributed by atoms with Gasteiger partial charge in [0, 0.05) is 24.0 Å². The van der Waals surface area contributed by atoms with Crippen LogP contribution in [0.3, 0.4) is 0 Å². The molecule has 4 aromatic rings. The van der Waals surface area contributed by atoms with Gasteiger partial charge in [-0.15, -0.1) is 0 Å². The van der Waals surface area contributed by atoms with Crippen LogP contribution in [-0.4, -0.2) is 43.8 Å². The Hall–Kier alpha value is -4.21. The summed E-state index contributed by atoms with van der Waals surface area (Å²) in [5.74, 6) is -1.43. The number of rotatable bonds is 13. The lowest BCUT2D eigenvalue weighted by molar-refractivity contribution is -0.140. The van der Waals surface area contributed by atoms with Gasteiger partial charge in [-0.2, -0.15) is 0 Å². The quantitative estimate of drug-likeness (QED) is 0.189. The Bertz CT molecular complexity index is 1660. The van der Waals surface area contributed by atoms with Crippen LogP contribution in [0.1, 0.15) is 31.4 Å². The number of hydrogen-bond donors (Lipinski definition) is 1. The number of benzene rings is 4. The molecule has 2 amide bonds. The summed E-state index contributed by atoms with van der Waals surface area (Å²) in [6.07, 6.45) is 0.853. The van der Waals surface area contributed by atoms with E-state index in [9.17, 15) is 22.4 Å². The first-order valence-electron chi connectivity index (χ1n) is 14.3. The van der Waals surface area contributed by atoms with E-state index in [1.807, 2.05) is 44.2 Å². The summed E-state index contributed by atoms with van der Waals surface area (Å²) in [6, 6.07) is 27.8. The highest BCUT2D eigenvalue weighted by atomic mass is 35.5. The normalized spacial score (nSPS) is 12.6. The highest BCUT2D eigenvalue weighted by Crippen LogP contribution is 2.27. The van der Waals surface area contributed by atoms with Gasteiger partial charge in [0.15, 0.2) is 0 Å². The first-order chi connectivity index (χ1) is 21.1. The largest absolute Gasteiger partial charge is 0.352 e. The van der Waals surface area contributed by atoms with Gasteiger partial charge in [-0.25, -0.2) is 12.8 Å². The summed E-state index contributed by atoms with van der Waals surface area (Å²) in [7, 11) is -4.23. The van der Waals surface area contributed by atoms with Crippen molar-refractivity contribution in [3.8, 4) is 0 Å². The minimum Gasteiger partial charge on any atom is -0.352 e. The topological polar surface area (TPSA) is 86.8 Å². The molecule has 4 aromatic carbocycles. The van der Waals surface area contributed by atoms with Crippen molar-refractivity contribution in [1.82, 2.24) is 10.2 Å². The second-order valence-electron chi connectivity index (χ2n) is 10.5. The number of carbonyl (C=O) groups is 2.